The van der Waals surface area contributed by atoms with Crippen LogP contribution < -0.4 is 11.1 Å². The molecule has 5 heteroatoms. The van der Waals surface area contributed by atoms with Gasteiger partial charge in [-0.15, -0.1) is 0 Å². The second-order valence-electron chi connectivity index (χ2n) is 5.76. The van der Waals surface area contributed by atoms with Crippen molar-refractivity contribution in [3.05, 3.63) is 0 Å². The molecule has 0 spiro atoms. The second kappa shape index (κ2) is 7.50. The Hall–Kier alpha value is -0.260. The second-order valence-corrected chi connectivity index (χ2v) is 6.98. The molecule has 3 N–H and O–H groups in total. The number of amides is 1. The van der Waals surface area contributed by atoms with E-state index in [1.807, 2.05) is 11.8 Å². The van der Waals surface area contributed by atoms with Crippen molar-refractivity contribution < 1.29 is 4.79 Å². The number of nitrogens with zero attached hydrogens (tertiary/aromatic N) is 1. The fourth-order valence-corrected chi connectivity index (χ4v) is 4.07. The van der Waals surface area contributed by atoms with Crippen molar-refractivity contribution in [2.45, 2.75) is 32.1 Å². The Labute approximate surface area is 120 Å². The van der Waals surface area contributed by atoms with Crippen molar-refractivity contribution in [2.75, 3.05) is 44.2 Å². The molecule has 110 valence electrons. The molecule has 0 atom stereocenters. The summed E-state index contributed by atoms with van der Waals surface area (Å²) in [5, 5.41) is 3.12. The summed E-state index contributed by atoms with van der Waals surface area (Å²) in [4.78, 5) is 14.8. The van der Waals surface area contributed by atoms with Crippen LogP contribution in [0, 0.1) is 5.41 Å². The van der Waals surface area contributed by atoms with E-state index < -0.39 is 0 Å². The fraction of sp³-hybridized carbons (Fsp3) is 0.929. The summed E-state index contributed by atoms with van der Waals surface area (Å²) < 4.78 is 0. The topological polar surface area (TPSA) is 58.4 Å². The maximum atomic E-state index is 12.4. The van der Waals surface area contributed by atoms with Crippen molar-refractivity contribution >= 4 is 17.7 Å². The third-order valence-electron chi connectivity index (χ3n) is 4.50. The van der Waals surface area contributed by atoms with E-state index in [2.05, 4.69) is 10.2 Å². The molecular formula is C14H27N3OS. The predicted molar refractivity (Wildman–Crippen MR) is 81.3 cm³/mol. The van der Waals surface area contributed by atoms with E-state index in [-0.39, 0.29) is 11.3 Å². The van der Waals surface area contributed by atoms with Gasteiger partial charge in [0.2, 0.25) is 5.91 Å². The van der Waals surface area contributed by atoms with Gasteiger partial charge in [0.15, 0.2) is 0 Å². The highest BCUT2D eigenvalue weighted by atomic mass is 32.2. The summed E-state index contributed by atoms with van der Waals surface area (Å²) in [7, 11) is 0. The number of nitrogens with two attached hydrogens (primary N) is 1. The minimum atomic E-state index is -0.268. The SMILES string of the molecule is NCC1(C(=O)NCCN2CCSCC2)CCCCC1. The van der Waals surface area contributed by atoms with Gasteiger partial charge in [0.25, 0.3) is 0 Å². The third-order valence-corrected chi connectivity index (χ3v) is 5.44. The van der Waals surface area contributed by atoms with E-state index in [1.54, 1.807) is 0 Å². The van der Waals surface area contributed by atoms with E-state index in [9.17, 15) is 4.79 Å². The van der Waals surface area contributed by atoms with E-state index in [0.29, 0.717) is 6.54 Å². The molecule has 0 bridgehead atoms. The molecule has 0 aromatic carbocycles. The standard InChI is InChI=1S/C14H27N3OS/c15-12-14(4-2-1-3-5-14)13(18)16-6-7-17-8-10-19-11-9-17/h1-12,15H2,(H,16,18). The van der Waals surface area contributed by atoms with Crippen molar-refractivity contribution in [3.8, 4) is 0 Å². The largest absolute Gasteiger partial charge is 0.354 e. The Kier molecular flexibility index (Phi) is 5.98. The van der Waals surface area contributed by atoms with Gasteiger partial charge in [0, 0.05) is 44.2 Å². The number of hydrogen-bond acceptors (Lipinski definition) is 4. The predicted octanol–water partition coefficient (Wildman–Crippen LogP) is 1.06. The zero-order valence-corrected chi connectivity index (χ0v) is 12.6. The van der Waals surface area contributed by atoms with Gasteiger partial charge in [-0.1, -0.05) is 19.3 Å². The smallest absolute Gasteiger partial charge is 0.227 e. The lowest BCUT2D eigenvalue weighted by molar-refractivity contribution is -0.132. The van der Waals surface area contributed by atoms with E-state index in [0.717, 1.165) is 51.9 Å². The number of carbonyl (C=O) groups excluding carboxylic acids is 1. The molecule has 2 fully saturated rings. The number of nitrogens with one attached hydrogen (secondary N) is 1. The molecule has 1 aliphatic carbocycles. The molecule has 0 aromatic rings. The maximum absolute atomic E-state index is 12.4. The van der Waals surface area contributed by atoms with Crippen LogP contribution in [-0.4, -0.2) is 55.0 Å². The molecular weight excluding hydrogens is 258 g/mol. The molecule has 1 aliphatic heterocycles. The summed E-state index contributed by atoms with van der Waals surface area (Å²) in [6.45, 7) is 4.56. The Morgan fingerprint density at radius 2 is 1.89 bits per heavy atom. The minimum Gasteiger partial charge on any atom is -0.354 e. The van der Waals surface area contributed by atoms with Crippen LogP contribution in [0.5, 0.6) is 0 Å². The molecule has 2 rings (SSSR count). The molecule has 0 aromatic heterocycles. The van der Waals surface area contributed by atoms with Crippen LogP contribution >= 0.6 is 11.8 Å². The molecule has 1 saturated carbocycles. The highest BCUT2D eigenvalue weighted by Crippen LogP contribution is 2.35. The van der Waals surface area contributed by atoms with Gasteiger partial charge >= 0.3 is 0 Å². The first-order valence-corrected chi connectivity index (χ1v) is 8.71. The van der Waals surface area contributed by atoms with E-state index >= 15 is 0 Å². The summed E-state index contributed by atoms with van der Waals surface area (Å²) in [5.74, 6) is 2.64. The van der Waals surface area contributed by atoms with Gasteiger partial charge < -0.3 is 11.1 Å². The Morgan fingerprint density at radius 1 is 1.21 bits per heavy atom. The maximum Gasteiger partial charge on any atom is 0.227 e. The van der Waals surface area contributed by atoms with Crippen molar-refractivity contribution in [3.63, 3.8) is 0 Å². The number of carbonyl (C=O) groups is 1. The average Bonchev–Trinajstić information content (AvgIpc) is 2.49. The monoisotopic (exact) mass is 285 g/mol. The van der Waals surface area contributed by atoms with Crippen LogP contribution in [0.4, 0.5) is 0 Å². The minimum absolute atomic E-state index is 0.195. The fourth-order valence-electron chi connectivity index (χ4n) is 3.09. The van der Waals surface area contributed by atoms with Gasteiger partial charge in [-0.25, -0.2) is 0 Å². The quantitative estimate of drug-likeness (QED) is 0.793. The van der Waals surface area contributed by atoms with Crippen LogP contribution in [0.25, 0.3) is 0 Å². The molecule has 19 heavy (non-hydrogen) atoms. The highest BCUT2D eigenvalue weighted by molar-refractivity contribution is 7.99. The Bertz CT molecular complexity index is 286. The van der Waals surface area contributed by atoms with Crippen LogP contribution in [-0.2, 0) is 4.79 Å². The molecule has 1 saturated heterocycles. The summed E-state index contributed by atoms with van der Waals surface area (Å²) in [6.07, 6.45) is 5.48. The zero-order valence-electron chi connectivity index (χ0n) is 11.8. The van der Waals surface area contributed by atoms with Crippen molar-refractivity contribution in [1.82, 2.24) is 10.2 Å². The first-order valence-electron chi connectivity index (χ1n) is 7.55. The van der Waals surface area contributed by atoms with Crippen LogP contribution in [0.2, 0.25) is 0 Å². The van der Waals surface area contributed by atoms with Crippen LogP contribution in [0.1, 0.15) is 32.1 Å². The molecule has 1 heterocycles. The third kappa shape index (κ3) is 4.10. The molecule has 1 amide bonds. The molecule has 4 nitrogen and oxygen atoms in total. The van der Waals surface area contributed by atoms with Crippen LogP contribution in [0.3, 0.4) is 0 Å². The van der Waals surface area contributed by atoms with Gasteiger partial charge in [0.1, 0.15) is 0 Å². The summed E-state index contributed by atoms with van der Waals surface area (Å²) in [6, 6.07) is 0. The van der Waals surface area contributed by atoms with Gasteiger partial charge in [0.05, 0.1) is 5.41 Å². The Morgan fingerprint density at radius 3 is 2.53 bits per heavy atom. The molecule has 0 unspecified atom stereocenters. The van der Waals surface area contributed by atoms with Gasteiger partial charge in [-0.2, -0.15) is 11.8 Å². The average molecular weight is 285 g/mol. The number of rotatable bonds is 5. The van der Waals surface area contributed by atoms with Gasteiger partial charge in [-0.3, -0.25) is 9.69 Å². The number of thioether (sulfide) groups is 1. The lowest BCUT2D eigenvalue weighted by atomic mass is 9.73. The normalized spacial score (nSPS) is 24.1. The summed E-state index contributed by atoms with van der Waals surface area (Å²) >= 11 is 2.02. The van der Waals surface area contributed by atoms with Crippen molar-refractivity contribution in [1.29, 1.82) is 0 Å². The molecule has 2 aliphatic rings. The Balaban J connectivity index is 1.73. The summed E-state index contributed by atoms with van der Waals surface area (Å²) in [5.41, 5.74) is 5.61. The van der Waals surface area contributed by atoms with E-state index in [4.69, 9.17) is 5.73 Å². The van der Waals surface area contributed by atoms with E-state index in [1.165, 1.54) is 17.9 Å². The lowest BCUT2D eigenvalue weighted by Crippen LogP contribution is -2.49. The first-order chi connectivity index (χ1) is 9.27. The van der Waals surface area contributed by atoms with Crippen LogP contribution in [0.15, 0.2) is 0 Å². The number of hydrogen-bond donors (Lipinski definition) is 2. The lowest BCUT2D eigenvalue weighted by Gasteiger charge is -2.35. The highest BCUT2D eigenvalue weighted by Gasteiger charge is 2.37. The molecule has 0 radical (unpaired) electrons. The zero-order chi connectivity index (χ0) is 13.6. The van der Waals surface area contributed by atoms with Gasteiger partial charge in [-0.05, 0) is 12.8 Å². The first kappa shape index (κ1) is 15.1. The van der Waals surface area contributed by atoms with Crippen molar-refractivity contribution in [2.24, 2.45) is 11.1 Å².